The SMILES string of the molecule is COCCOCCc1noc(C2CCC(N)C2)n1. The molecule has 0 radical (unpaired) electrons. The van der Waals surface area contributed by atoms with Gasteiger partial charge in [-0.1, -0.05) is 5.16 Å². The second kappa shape index (κ2) is 6.82. The molecular weight excluding hydrogens is 234 g/mol. The summed E-state index contributed by atoms with van der Waals surface area (Å²) in [6.45, 7) is 1.79. The summed E-state index contributed by atoms with van der Waals surface area (Å²) in [5, 5.41) is 3.97. The molecule has 18 heavy (non-hydrogen) atoms. The highest BCUT2D eigenvalue weighted by molar-refractivity contribution is 4.99. The van der Waals surface area contributed by atoms with Crippen molar-refractivity contribution in [1.29, 1.82) is 0 Å². The van der Waals surface area contributed by atoms with Crippen LogP contribution in [0.25, 0.3) is 0 Å². The molecule has 0 amide bonds. The first-order valence-electron chi connectivity index (χ1n) is 6.44. The van der Waals surface area contributed by atoms with Gasteiger partial charge in [0.2, 0.25) is 5.89 Å². The van der Waals surface area contributed by atoms with Crippen LogP contribution in [-0.2, 0) is 15.9 Å². The van der Waals surface area contributed by atoms with E-state index in [1.54, 1.807) is 7.11 Å². The van der Waals surface area contributed by atoms with Gasteiger partial charge in [0, 0.05) is 25.5 Å². The summed E-state index contributed by atoms with van der Waals surface area (Å²) in [4.78, 5) is 4.40. The van der Waals surface area contributed by atoms with Gasteiger partial charge in [0.1, 0.15) is 0 Å². The van der Waals surface area contributed by atoms with Crippen molar-refractivity contribution < 1.29 is 14.0 Å². The molecular formula is C12H21N3O3. The second-order valence-corrected chi connectivity index (χ2v) is 4.67. The third-order valence-corrected chi connectivity index (χ3v) is 3.21. The molecule has 6 heteroatoms. The topological polar surface area (TPSA) is 83.4 Å². The minimum atomic E-state index is 0.280. The molecule has 2 unspecified atom stereocenters. The Bertz CT molecular complexity index is 356. The van der Waals surface area contributed by atoms with Crippen LogP contribution in [0.4, 0.5) is 0 Å². The number of aromatic nitrogens is 2. The number of nitrogens with zero attached hydrogens (tertiary/aromatic N) is 2. The van der Waals surface area contributed by atoms with E-state index in [-0.39, 0.29) is 6.04 Å². The first-order chi connectivity index (χ1) is 8.79. The van der Waals surface area contributed by atoms with Gasteiger partial charge in [0.05, 0.1) is 19.8 Å². The Morgan fingerprint density at radius 3 is 2.94 bits per heavy atom. The summed E-state index contributed by atoms with van der Waals surface area (Å²) in [7, 11) is 1.65. The van der Waals surface area contributed by atoms with Crippen LogP contribution in [0.5, 0.6) is 0 Å². The maximum Gasteiger partial charge on any atom is 0.229 e. The summed E-state index contributed by atoms with van der Waals surface area (Å²) >= 11 is 0. The van der Waals surface area contributed by atoms with E-state index >= 15 is 0 Å². The van der Waals surface area contributed by atoms with Crippen LogP contribution in [0.2, 0.25) is 0 Å². The average molecular weight is 255 g/mol. The van der Waals surface area contributed by atoms with E-state index in [0.29, 0.717) is 38.0 Å². The van der Waals surface area contributed by atoms with Gasteiger partial charge >= 0.3 is 0 Å². The van der Waals surface area contributed by atoms with Gasteiger partial charge in [-0.2, -0.15) is 4.98 Å². The summed E-state index contributed by atoms with van der Waals surface area (Å²) in [5.74, 6) is 1.79. The minimum absolute atomic E-state index is 0.280. The molecule has 2 rings (SSSR count). The fourth-order valence-corrected chi connectivity index (χ4v) is 2.18. The van der Waals surface area contributed by atoms with Gasteiger partial charge < -0.3 is 19.7 Å². The summed E-state index contributed by atoms with van der Waals surface area (Å²) in [6.07, 6.45) is 3.72. The number of ether oxygens (including phenoxy) is 2. The Balaban J connectivity index is 1.72. The van der Waals surface area contributed by atoms with Crippen LogP contribution in [0.3, 0.4) is 0 Å². The van der Waals surface area contributed by atoms with Crippen LogP contribution in [0.1, 0.15) is 36.9 Å². The van der Waals surface area contributed by atoms with E-state index < -0.39 is 0 Å². The number of rotatable bonds is 7. The first-order valence-corrected chi connectivity index (χ1v) is 6.44. The van der Waals surface area contributed by atoms with Crippen LogP contribution in [0.15, 0.2) is 4.52 Å². The zero-order chi connectivity index (χ0) is 12.8. The Kier molecular flexibility index (Phi) is 5.10. The van der Waals surface area contributed by atoms with E-state index in [4.69, 9.17) is 19.7 Å². The van der Waals surface area contributed by atoms with Crippen molar-refractivity contribution in [3.63, 3.8) is 0 Å². The molecule has 0 saturated heterocycles. The predicted molar refractivity (Wildman–Crippen MR) is 65.3 cm³/mol. The van der Waals surface area contributed by atoms with E-state index in [1.165, 1.54) is 0 Å². The average Bonchev–Trinajstić information content (AvgIpc) is 2.97. The molecule has 1 aliphatic rings. The lowest BCUT2D eigenvalue weighted by atomic mass is 10.1. The van der Waals surface area contributed by atoms with Crippen LogP contribution in [-0.4, -0.2) is 43.1 Å². The fraction of sp³-hybridized carbons (Fsp3) is 0.833. The van der Waals surface area contributed by atoms with Gasteiger partial charge in [-0.05, 0) is 19.3 Å². The van der Waals surface area contributed by atoms with E-state index in [2.05, 4.69) is 10.1 Å². The second-order valence-electron chi connectivity index (χ2n) is 4.67. The summed E-state index contributed by atoms with van der Waals surface area (Å²) < 4.78 is 15.5. The summed E-state index contributed by atoms with van der Waals surface area (Å²) in [6, 6.07) is 0.280. The monoisotopic (exact) mass is 255 g/mol. The molecule has 1 aliphatic carbocycles. The smallest absolute Gasteiger partial charge is 0.229 e. The largest absolute Gasteiger partial charge is 0.382 e. The molecule has 0 aliphatic heterocycles. The number of nitrogens with two attached hydrogens (primary N) is 1. The number of hydrogen-bond donors (Lipinski definition) is 1. The fourth-order valence-electron chi connectivity index (χ4n) is 2.18. The van der Waals surface area contributed by atoms with Gasteiger partial charge in [-0.15, -0.1) is 0 Å². The van der Waals surface area contributed by atoms with Crippen LogP contribution < -0.4 is 5.73 Å². The molecule has 1 heterocycles. The zero-order valence-corrected chi connectivity index (χ0v) is 10.8. The normalized spacial score (nSPS) is 23.7. The number of methoxy groups -OCH3 is 1. The standard InChI is InChI=1S/C12H21N3O3/c1-16-6-7-17-5-4-11-14-12(18-15-11)9-2-3-10(13)8-9/h9-10H,2-8,13H2,1H3. The quantitative estimate of drug-likeness (QED) is 0.728. The first kappa shape index (κ1) is 13.5. The Hall–Kier alpha value is -0.980. The van der Waals surface area contributed by atoms with Crippen molar-refractivity contribution in [2.45, 2.75) is 37.6 Å². The Morgan fingerprint density at radius 2 is 2.22 bits per heavy atom. The highest BCUT2D eigenvalue weighted by Gasteiger charge is 2.27. The highest BCUT2D eigenvalue weighted by Crippen LogP contribution is 2.32. The molecule has 2 N–H and O–H groups in total. The van der Waals surface area contributed by atoms with Crippen LogP contribution in [0, 0.1) is 0 Å². The maximum absolute atomic E-state index is 5.87. The summed E-state index contributed by atoms with van der Waals surface area (Å²) in [5.41, 5.74) is 5.87. The van der Waals surface area contributed by atoms with Gasteiger partial charge in [-0.3, -0.25) is 0 Å². The van der Waals surface area contributed by atoms with Crippen molar-refractivity contribution in [2.24, 2.45) is 5.73 Å². The zero-order valence-electron chi connectivity index (χ0n) is 10.8. The molecule has 1 aromatic heterocycles. The molecule has 102 valence electrons. The molecule has 0 bridgehead atoms. The van der Waals surface area contributed by atoms with Crippen molar-refractivity contribution in [3.8, 4) is 0 Å². The molecule has 0 aromatic carbocycles. The van der Waals surface area contributed by atoms with E-state index in [9.17, 15) is 0 Å². The van der Waals surface area contributed by atoms with Crippen molar-refractivity contribution in [1.82, 2.24) is 10.1 Å². The Labute approximate surface area is 107 Å². The molecule has 1 saturated carbocycles. The molecule has 6 nitrogen and oxygen atoms in total. The third-order valence-electron chi connectivity index (χ3n) is 3.21. The third kappa shape index (κ3) is 3.76. The number of hydrogen-bond acceptors (Lipinski definition) is 6. The lowest BCUT2D eigenvalue weighted by molar-refractivity contribution is 0.0714. The van der Waals surface area contributed by atoms with E-state index in [0.717, 1.165) is 25.2 Å². The molecule has 1 aromatic rings. The van der Waals surface area contributed by atoms with Crippen molar-refractivity contribution in [3.05, 3.63) is 11.7 Å². The van der Waals surface area contributed by atoms with E-state index in [1.807, 2.05) is 0 Å². The molecule has 0 spiro atoms. The maximum atomic E-state index is 5.87. The predicted octanol–water partition coefficient (Wildman–Crippen LogP) is 0.870. The highest BCUT2D eigenvalue weighted by atomic mass is 16.5. The lowest BCUT2D eigenvalue weighted by Crippen LogP contribution is -2.14. The van der Waals surface area contributed by atoms with Crippen molar-refractivity contribution >= 4 is 0 Å². The van der Waals surface area contributed by atoms with Gasteiger partial charge in [-0.25, -0.2) is 0 Å². The van der Waals surface area contributed by atoms with Crippen LogP contribution >= 0.6 is 0 Å². The molecule has 2 atom stereocenters. The Morgan fingerprint density at radius 1 is 1.33 bits per heavy atom. The van der Waals surface area contributed by atoms with Gasteiger partial charge in [0.15, 0.2) is 5.82 Å². The lowest BCUT2D eigenvalue weighted by Gasteiger charge is -2.01. The molecule has 1 fully saturated rings. The minimum Gasteiger partial charge on any atom is -0.382 e. The van der Waals surface area contributed by atoms with Crippen molar-refractivity contribution in [2.75, 3.05) is 26.9 Å². The van der Waals surface area contributed by atoms with Gasteiger partial charge in [0.25, 0.3) is 0 Å².